The lowest BCUT2D eigenvalue weighted by Gasteiger charge is -2.20. The van der Waals surface area contributed by atoms with Crippen LogP contribution >= 0.6 is 0 Å². The third kappa shape index (κ3) is 6.09. The van der Waals surface area contributed by atoms with Gasteiger partial charge in [-0.25, -0.2) is 9.59 Å². The number of benzene rings is 2. The lowest BCUT2D eigenvalue weighted by molar-refractivity contribution is -0.146. The number of fused-ring (bicyclic) bond motifs is 3. The number of hydrogen-bond donors (Lipinski definition) is 4. The molecule has 0 heterocycles. The molecule has 1 aliphatic carbocycles. The summed E-state index contributed by atoms with van der Waals surface area (Å²) < 4.78 is 10.5. The largest absolute Gasteiger partial charge is 0.479 e. The molecule has 2 unspecified atom stereocenters. The molecule has 2 atom stereocenters. The molecular formula is C24H28N2O7. The van der Waals surface area contributed by atoms with Crippen molar-refractivity contribution < 1.29 is 34.1 Å². The van der Waals surface area contributed by atoms with Crippen molar-refractivity contribution in [3.8, 4) is 11.1 Å². The number of aliphatic hydroxyl groups is 1. The quantitative estimate of drug-likeness (QED) is 0.379. The molecule has 1 aliphatic rings. The zero-order valence-corrected chi connectivity index (χ0v) is 18.3. The SMILES string of the molecule is COCCCC(NC(=O)OCC1c2ccccc2-c2ccccc21)C(=O)NCC(O)C(=O)O. The number of nitrogens with one attached hydrogen (secondary N) is 2. The fraction of sp³-hybridized carbons (Fsp3) is 0.375. The van der Waals surface area contributed by atoms with E-state index in [1.807, 2.05) is 48.5 Å². The molecule has 2 aromatic carbocycles. The topological polar surface area (TPSA) is 134 Å². The van der Waals surface area contributed by atoms with Crippen LogP contribution in [0.5, 0.6) is 0 Å². The maximum absolute atomic E-state index is 12.5. The van der Waals surface area contributed by atoms with Crippen LogP contribution in [0.2, 0.25) is 0 Å². The van der Waals surface area contributed by atoms with E-state index in [2.05, 4.69) is 10.6 Å². The molecule has 4 N–H and O–H groups in total. The van der Waals surface area contributed by atoms with Crippen molar-refractivity contribution in [3.05, 3.63) is 59.7 Å². The lowest BCUT2D eigenvalue weighted by atomic mass is 9.98. The highest BCUT2D eigenvalue weighted by Crippen LogP contribution is 2.44. The van der Waals surface area contributed by atoms with E-state index in [-0.39, 0.29) is 18.9 Å². The molecule has 33 heavy (non-hydrogen) atoms. The summed E-state index contributed by atoms with van der Waals surface area (Å²) in [6.45, 7) is 0.0131. The molecule has 0 radical (unpaired) electrons. The summed E-state index contributed by atoms with van der Waals surface area (Å²) in [6, 6.07) is 15.0. The Balaban J connectivity index is 1.62. The number of methoxy groups -OCH3 is 1. The standard InChI is InChI=1S/C24H28N2O7/c1-32-12-6-11-20(22(28)25-13-21(27)23(29)30)26-24(31)33-14-19-17-9-4-2-7-15(17)16-8-3-5-10-18(16)19/h2-5,7-10,19-21,27H,6,11-14H2,1H3,(H,25,28)(H,26,31)(H,29,30). The first-order valence-electron chi connectivity index (χ1n) is 10.7. The fourth-order valence-corrected chi connectivity index (χ4v) is 3.89. The Labute approximate surface area is 191 Å². The van der Waals surface area contributed by atoms with Gasteiger partial charge in [0, 0.05) is 19.6 Å². The Morgan fingerprint density at radius 3 is 2.21 bits per heavy atom. The zero-order valence-electron chi connectivity index (χ0n) is 18.3. The predicted octanol–water partition coefficient (Wildman–Crippen LogP) is 1.88. The van der Waals surface area contributed by atoms with E-state index in [1.165, 1.54) is 7.11 Å². The number of aliphatic carboxylic acids is 1. The van der Waals surface area contributed by atoms with Gasteiger partial charge in [0.2, 0.25) is 5.91 Å². The van der Waals surface area contributed by atoms with E-state index in [0.717, 1.165) is 22.3 Å². The number of ether oxygens (including phenoxy) is 2. The molecule has 0 spiro atoms. The Bertz CT molecular complexity index is 949. The molecule has 9 nitrogen and oxygen atoms in total. The zero-order chi connectivity index (χ0) is 23.8. The van der Waals surface area contributed by atoms with Crippen LogP contribution in [0.1, 0.15) is 29.9 Å². The first kappa shape index (κ1) is 24.2. The number of carbonyl (C=O) groups excluding carboxylic acids is 2. The van der Waals surface area contributed by atoms with E-state index in [0.29, 0.717) is 13.0 Å². The van der Waals surface area contributed by atoms with Crippen molar-refractivity contribution >= 4 is 18.0 Å². The van der Waals surface area contributed by atoms with E-state index in [9.17, 15) is 19.5 Å². The Morgan fingerprint density at radius 1 is 1.03 bits per heavy atom. The first-order chi connectivity index (χ1) is 15.9. The van der Waals surface area contributed by atoms with Gasteiger partial charge in [-0.3, -0.25) is 4.79 Å². The summed E-state index contributed by atoms with van der Waals surface area (Å²) in [5.74, 6) is -2.18. The first-order valence-corrected chi connectivity index (χ1v) is 10.7. The van der Waals surface area contributed by atoms with E-state index >= 15 is 0 Å². The summed E-state index contributed by atoms with van der Waals surface area (Å²) in [4.78, 5) is 35.7. The van der Waals surface area contributed by atoms with Crippen molar-refractivity contribution in [2.45, 2.75) is 30.9 Å². The van der Waals surface area contributed by atoms with Crippen LogP contribution in [0, 0.1) is 0 Å². The summed E-state index contributed by atoms with van der Waals surface area (Å²) in [7, 11) is 1.53. The van der Waals surface area contributed by atoms with Gasteiger partial charge >= 0.3 is 12.1 Å². The number of amides is 2. The number of rotatable bonds is 11. The number of hydrogen-bond acceptors (Lipinski definition) is 6. The Hall–Kier alpha value is -3.43. The van der Waals surface area contributed by atoms with Crippen LogP contribution in [0.25, 0.3) is 11.1 Å². The van der Waals surface area contributed by atoms with Crippen LogP contribution < -0.4 is 10.6 Å². The molecule has 0 fully saturated rings. The highest BCUT2D eigenvalue weighted by atomic mass is 16.5. The van der Waals surface area contributed by atoms with Gasteiger partial charge in [0.25, 0.3) is 0 Å². The van der Waals surface area contributed by atoms with Gasteiger partial charge in [0.15, 0.2) is 6.10 Å². The fourth-order valence-electron chi connectivity index (χ4n) is 3.89. The van der Waals surface area contributed by atoms with Crippen molar-refractivity contribution in [1.29, 1.82) is 0 Å². The van der Waals surface area contributed by atoms with Gasteiger partial charge in [-0.05, 0) is 35.1 Å². The van der Waals surface area contributed by atoms with E-state index in [1.54, 1.807) is 0 Å². The Kier molecular flexibility index (Phi) is 8.39. The normalized spacial score (nSPS) is 14.0. The van der Waals surface area contributed by atoms with Crippen LogP contribution in [0.3, 0.4) is 0 Å². The lowest BCUT2D eigenvalue weighted by Crippen LogP contribution is -2.49. The minimum atomic E-state index is -1.73. The van der Waals surface area contributed by atoms with Crippen molar-refractivity contribution in [2.75, 3.05) is 26.9 Å². The predicted molar refractivity (Wildman–Crippen MR) is 120 cm³/mol. The highest BCUT2D eigenvalue weighted by molar-refractivity contribution is 5.86. The van der Waals surface area contributed by atoms with Crippen LogP contribution in [-0.4, -0.2) is 67.2 Å². The van der Waals surface area contributed by atoms with Crippen LogP contribution in [-0.2, 0) is 19.1 Å². The second-order valence-electron chi connectivity index (χ2n) is 7.76. The third-order valence-corrected chi connectivity index (χ3v) is 5.55. The molecule has 3 rings (SSSR count). The number of aliphatic hydroxyl groups excluding tert-OH is 1. The molecular weight excluding hydrogens is 428 g/mol. The van der Waals surface area contributed by atoms with E-state index in [4.69, 9.17) is 14.6 Å². The van der Waals surface area contributed by atoms with Crippen molar-refractivity contribution in [3.63, 3.8) is 0 Å². The number of carboxylic acids is 1. The molecule has 0 saturated carbocycles. The molecule has 2 amide bonds. The summed E-state index contributed by atoms with van der Waals surface area (Å²) in [5, 5.41) is 23.0. The van der Waals surface area contributed by atoms with Crippen molar-refractivity contribution in [2.24, 2.45) is 0 Å². The number of carboxylic acid groups (broad SMARTS) is 1. The molecule has 0 saturated heterocycles. The van der Waals surface area contributed by atoms with Gasteiger partial charge in [-0.15, -0.1) is 0 Å². The molecule has 2 aromatic rings. The number of alkyl carbamates (subject to hydrolysis) is 1. The minimum absolute atomic E-state index is 0.101. The maximum Gasteiger partial charge on any atom is 0.407 e. The van der Waals surface area contributed by atoms with Crippen molar-refractivity contribution in [1.82, 2.24) is 10.6 Å². The minimum Gasteiger partial charge on any atom is -0.479 e. The molecule has 0 aromatic heterocycles. The molecule has 9 heteroatoms. The third-order valence-electron chi connectivity index (χ3n) is 5.55. The molecule has 0 bridgehead atoms. The van der Waals surface area contributed by atoms with Crippen LogP contribution in [0.15, 0.2) is 48.5 Å². The smallest absolute Gasteiger partial charge is 0.407 e. The van der Waals surface area contributed by atoms with Gasteiger partial charge in [0.1, 0.15) is 12.6 Å². The van der Waals surface area contributed by atoms with Gasteiger partial charge in [-0.2, -0.15) is 0 Å². The van der Waals surface area contributed by atoms with E-state index < -0.39 is 36.7 Å². The average molecular weight is 456 g/mol. The van der Waals surface area contributed by atoms with Gasteiger partial charge < -0.3 is 30.3 Å². The van der Waals surface area contributed by atoms with Crippen LogP contribution in [0.4, 0.5) is 4.79 Å². The molecule has 0 aliphatic heterocycles. The second-order valence-corrected chi connectivity index (χ2v) is 7.76. The highest BCUT2D eigenvalue weighted by Gasteiger charge is 2.30. The van der Waals surface area contributed by atoms with Gasteiger partial charge in [0.05, 0.1) is 6.54 Å². The Morgan fingerprint density at radius 2 is 1.64 bits per heavy atom. The number of carbonyl (C=O) groups is 3. The summed E-state index contributed by atoms with van der Waals surface area (Å²) in [6.07, 6.45) is -1.75. The maximum atomic E-state index is 12.5. The second kappa shape index (κ2) is 11.4. The summed E-state index contributed by atoms with van der Waals surface area (Å²) >= 11 is 0. The monoisotopic (exact) mass is 456 g/mol. The average Bonchev–Trinajstić information content (AvgIpc) is 3.14. The van der Waals surface area contributed by atoms with Gasteiger partial charge in [-0.1, -0.05) is 48.5 Å². The molecule has 176 valence electrons. The summed E-state index contributed by atoms with van der Waals surface area (Å²) in [5.41, 5.74) is 4.36.